The van der Waals surface area contributed by atoms with Gasteiger partial charge in [0, 0.05) is 18.1 Å². The quantitative estimate of drug-likeness (QED) is 0.786. The smallest absolute Gasteiger partial charge is 0.327 e. The molecule has 110 valence electrons. The number of carbonyl (C=O) groups excluding carboxylic acids is 1. The molecular formula is C13H16ClNO4S. The van der Waals surface area contributed by atoms with Crippen LogP contribution in [-0.4, -0.2) is 51.0 Å². The third-order valence-electron chi connectivity index (χ3n) is 3.33. The average Bonchev–Trinajstić information content (AvgIpc) is 2.41. The van der Waals surface area contributed by atoms with Gasteiger partial charge in [0.25, 0.3) is 0 Å². The van der Waals surface area contributed by atoms with Crippen LogP contribution in [0.25, 0.3) is 0 Å². The summed E-state index contributed by atoms with van der Waals surface area (Å²) in [7, 11) is -1.67. The predicted molar refractivity (Wildman–Crippen MR) is 76.4 cm³/mol. The van der Waals surface area contributed by atoms with Crippen molar-refractivity contribution in [3.05, 3.63) is 34.9 Å². The fraction of sp³-hybridized carbons (Fsp3) is 0.462. The normalized spacial score (nSPS) is 20.3. The van der Waals surface area contributed by atoms with Gasteiger partial charge >= 0.3 is 5.97 Å². The number of nitrogens with zero attached hydrogens (tertiary/aromatic N) is 1. The van der Waals surface area contributed by atoms with Gasteiger partial charge in [-0.15, -0.1) is 0 Å². The summed E-state index contributed by atoms with van der Waals surface area (Å²) in [5.74, 6) is -0.297. The fourth-order valence-corrected chi connectivity index (χ4v) is 3.70. The molecule has 1 aromatic carbocycles. The summed E-state index contributed by atoms with van der Waals surface area (Å²) in [5.41, 5.74) is 0.712. The van der Waals surface area contributed by atoms with E-state index in [2.05, 4.69) is 0 Å². The summed E-state index contributed by atoms with van der Waals surface area (Å²) in [6.45, 7) is 0.628. The van der Waals surface area contributed by atoms with Crippen molar-refractivity contribution in [3.63, 3.8) is 0 Å². The van der Waals surface area contributed by atoms with Crippen LogP contribution < -0.4 is 0 Å². The number of halogens is 1. The molecule has 0 aliphatic carbocycles. The van der Waals surface area contributed by atoms with Crippen LogP contribution in [-0.2, 0) is 19.4 Å². The maximum atomic E-state index is 12.0. The molecule has 0 N–H and O–H groups in total. The lowest BCUT2D eigenvalue weighted by Gasteiger charge is -2.32. The maximum absolute atomic E-state index is 12.0. The summed E-state index contributed by atoms with van der Waals surface area (Å²) in [4.78, 5) is 13.8. The summed E-state index contributed by atoms with van der Waals surface area (Å²) in [5, 5.41) is 0.529. The first kappa shape index (κ1) is 15.3. The van der Waals surface area contributed by atoms with Crippen LogP contribution in [0.3, 0.4) is 0 Å². The van der Waals surface area contributed by atoms with Gasteiger partial charge in [-0.1, -0.05) is 23.7 Å². The van der Waals surface area contributed by atoms with Gasteiger partial charge in [-0.25, -0.2) is 13.2 Å². The van der Waals surface area contributed by atoms with Gasteiger partial charge in [-0.2, -0.15) is 0 Å². The van der Waals surface area contributed by atoms with E-state index in [-0.39, 0.29) is 11.5 Å². The van der Waals surface area contributed by atoms with Crippen molar-refractivity contribution in [3.8, 4) is 0 Å². The Bertz CT molecular complexity index is 588. The Morgan fingerprint density at radius 3 is 2.55 bits per heavy atom. The summed E-state index contributed by atoms with van der Waals surface area (Å²) in [6, 6.07) is 6.35. The Balaban J connectivity index is 2.27. The lowest BCUT2D eigenvalue weighted by Crippen LogP contribution is -2.45. The third kappa shape index (κ3) is 3.50. The van der Waals surface area contributed by atoms with E-state index in [1.807, 2.05) is 4.90 Å². The van der Waals surface area contributed by atoms with Gasteiger partial charge in [-0.3, -0.25) is 4.90 Å². The van der Waals surface area contributed by atoms with Crippen molar-refractivity contribution in [2.45, 2.75) is 6.04 Å². The molecule has 20 heavy (non-hydrogen) atoms. The summed E-state index contributed by atoms with van der Waals surface area (Å²) < 4.78 is 27.8. The molecule has 0 amide bonds. The maximum Gasteiger partial charge on any atom is 0.327 e. The van der Waals surface area contributed by atoms with Gasteiger partial charge in [0.2, 0.25) is 0 Å². The lowest BCUT2D eigenvalue weighted by atomic mass is 10.1. The molecule has 1 aliphatic heterocycles. The molecule has 0 aromatic heterocycles. The summed E-state index contributed by atoms with van der Waals surface area (Å²) in [6.07, 6.45) is 0. The number of esters is 1. The highest BCUT2D eigenvalue weighted by molar-refractivity contribution is 7.91. The van der Waals surface area contributed by atoms with Crippen LogP contribution in [0.2, 0.25) is 5.02 Å². The van der Waals surface area contributed by atoms with Crippen LogP contribution in [0.1, 0.15) is 11.6 Å². The third-order valence-corrected chi connectivity index (χ3v) is 5.18. The van der Waals surface area contributed by atoms with Crippen molar-refractivity contribution in [1.29, 1.82) is 0 Å². The molecular weight excluding hydrogens is 302 g/mol. The zero-order chi connectivity index (χ0) is 14.8. The molecule has 0 unspecified atom stereocenters. The minimum Gasteiger partial charge on any atom is -0.468 e. The minimum atomic E-state index is -2.99. The summed E-state index contributed by atoms with van der Waals surface area (Å²) >= 11 is 5.95. The topological polar surface area (TPSA) is 63.7 Å². The zero-order valence-electron chi connectivity index (χ0n) is 11.1. The van der Waals surface area contributed by atoms with Gasteiger partial charge in [-0.05, 0) is 17.7 Å². The van der Waals surface area contributed by atoms with Gasteiger partial charge < -0.3 is 4.74 Å². The van der Waals surface area contributed by atoms with E-state index < -0.39 is 21.8 Å². The molecule has 0 bridgehead atoms. The molecule has 0 radical (unpaired) electrons. The molecule has 5 nitrogen and oxygen atoms in total. The Morgan fingerprint density at radius 1 is 1.35 bits per heavy atom. The van der Waals surface area contributed by atoms with Crippen LogP contribution >= 0.6 is 11.6 Å². The lowest BCUT2D eigenvalue weighted by molar-refractivity contribution is -0.147. The first-order chi connectivity index (χ1) is 9.43. The molecule has 1 fully saturated rings. The van der Waals surface area contributed by atoms with Gasteiger partial charge in [0.15, 0.2) is 9.84 Å². The monoisotopic (exact) mass is 317 g/mol. The first-order valence-corrected chi connectivity index (χ1v) is 8.40. The second kappa shape index (κ2) is 6.11. The van der Waals surface area contributed by atoms with E-state index in [4.69, 9.17) is 16.3 Å². The molecule has 7 heteroatoms. The average molecular weight is 318 g/mol. The van der Waals surface area contributed by atoms with E-state index in [1.54, 1.807) is 24.3 Å². The number of rotatable bonds is 3. The van der Waals surface area contributed by atoms with E-state index in [0.29, 0.717) is 23.7 Å². The molecule has 1 aliphatic rings. The standard InChI is InChI=1S/C13H16ClNO4S/c1-19-13(16)12(10-3-2-4-11(14)9-10)15-5-7-20(17,18)8-6-15/h2-4,9,12H,5-8H2,1H3/t12-/m0/s1. The Hall–Kier alpha value is -1.11. The SMILES string of the molecule is COC(=O)[C@H](c1cccc(Cl)c1)N1CCS(=O)(=O)CC1. The molecule has 1 aromatic rings. The number of sulfone groups is 1. The van der Waals surface area contributed by atoms with E-state index in [1.165, 1.54) is 7.11 Å². The van der Waals surface area contributed by atoms with Crippen molar-refractivity contribution in [1.82, 2.24) is 4.90 Å². The number of hydrogen-bond acceptors (Lipinski definition) is 5. The Morgan fingerprint density at radius 2 is 2.00 bits per heavy atom. The Labute approximate surface area is 123 Å². The minimum absolute atomic E-state index is 0.0566. The van der Waals surface area contributed by atoms with Crippen LogP contribution in [0, 0.1) is 0 Å². The van der Waals surface area contributed by atoms with Crippen molar-refractivity contribution < 1.29 is 17.9 Å². The highest BCUT2D eigenvalue weighted by Crippen LogP contribution is 2.26. The van der Waals surface area contributed by atoms with Gasteiger partial charge in [0.1, 0.15) is 6.04 Å². The highest BCUT2D eigenvalue weighted by atomic mass is 35.5. The Kier molecular flexibility index (Phi) is 4.67. The van der Waals surface area contributed by atoms with Crippen molar-refractivity contribution in [2.75, 3.05) is 31.7 Å². The van der Waals surface area contributed by atoms with Crippen LogP contribution in [0.15, 0.2) is 24.3 Å². The number of benzene rings is 1. The molecule has 2 rings (SSSR count). The number of ether oxygens (including phenoxy) is 1. The number of hydrogen-bond donors (Lipinski definition) is 0. The van der Waals surface area contributed by atoms with Crippen molar-refractivity contribution >= 4 is 27.4 Å². The van der Waals surface area contributed by atoms with Crippen molar-refractivity contribution in [2.24, 2.45) is 0 Å². The van der Waals surface area contributed by atoms with E-state index in [9.17, 15) is 13.2 Å². The highest BCUT2D eigenvalue weighted by Gasteiger charge is 2.33. The zero-order valence-corrected chi connectivity index (χ0v) is 12.7. The van der Waals surface area contributed by atoms with E-state index >= 15 is 0 Å². The van der Waals surface area contributed by atoms with Gasteiger partial charge in [0.05, 0.1) is 18.6 Å². The molecule has 1 atom stereocenters. The van der Waals surface area contributed by atoms with Crippen LogP contribution in [0.5, 0.6) is 0 Å². The largest absolute Gasteiger partial charge is 0.468 e. The second-order valence-corrected chi connectivity index (χ2v) is 7.41. The number of carbonyl (C=O) groups is 1. The van der Waals surface area contributed by atoms with Crippen LogP contribution in [0.4, 0.5) is 0 Å². The fourth-order valence-electron chi connectivity index (χ4n) is 2.27. The molecule has 1 heterocycles. The molecule has 0 spiro atoms. The predicted octanol–water partition coefficient (Wildman–Crippen LogP) is 1.28. The second-order valence-electron chi connectivity index (χ2n) is 4.67. The number of methoxy groups -OCH3 is 1. The first-order valence-electron chi connectivity index (χ1n) is 6.21. The molecule has 0 saturated carbocycles. The molecule has 1 saturated heterocycles. The van der Waals surface area contributed by atoms with E-state index in [0.717, 1.165) is 0 Å².